The molecule has 1 aromatic carbocycles. The van der Waals surface area contributed by atoms with Crippen LogP contribution < -0.4 is 0 Å². The Morgan fingerprint density at radius 1 is 1.41 bits per heavy atom. The van der Waals surface area contributed by atoms with Gasteiger partial charge in [0.2, 0.25) is 0 Å². The Morgan fingerprint density at radius 3 is 2.82 bits per heavy atom. The molecule has 0 spiro atoms. The average molecular weight is 336 g/mol. The van der Waals surface area contributed by atoms with E-state index in [2.05, 4.69) is 15.9 Å². The Hall–Kier alpha value is -0.420. The first-order chi connectivity index (χ1) is 8.08. The molecule has 0 amide bonds. The topological polar surface area (TPSA) is 20.2 Å². The van der Waals surface area contributed by atoms with E-state index in [4.69, 9.17) is 11.6 Å². The second-order valence-corrected chi connectivity index (χ2v) is 5.80. The van der Waals surface area contributed by atoms with Crippen molar-refractivity contribution in [3.63, 3.8) is 0 Å². The lowest BCUT2D eigenvalue weighted by Gasteiger charge is -2.11. The van der Waals surface area contributed by atoms with Crippen molar-refractivity contribution in [3.05, 3.63) is 55.4 Å². The van der Waals surface area contributed by atoms with Crippen LogP contribution in [0.1, 0.15) is 16.5 Å². The third-order valence-corrected chi connectivity index (χ3v) is 4.71. The first kappa shape index (κ1) is 13.0. The van der Waals surface area contributed by atoms with Gasteiger partial charge in [0.1, 0.15) is 5.82 Å². The van der Waals surface area contributed by atoms with E-state index >= 15 is 0 Å². The molecule has 0 aliphatic heterocycles. The van der Waals surface area contributed by atoms with Gasteiger partial charge in [0.25, 0.3) is 0 Å². The van der Waals surface area contributed by atoms with Crippen molar-refractivity contribution in [2.75, 3.05) is 0 Å². The Kier molecular flexibility index (Phi) is 4.20. The van der Waals surface area contributed by atoms with Crippen molar-refractivity contribution in [2.45, 2.75) is 12.5 Å². The molecule has 0 aliphatic rings. The minimum Gasteiger partial charge on any atom is -0.387 e. The van der Waals surface area contributed by atoms with Gasteiger partial charge < -0.3 is 5.11 Å². The molecule has 0 bridgehead atoms. The van der Waals surface area contributed by atoms with Crippen molar-refractivity contribution in [2.24, 2.45) is 0 Å². The molecular weight excluding hydrogens is 327 g/mol. The molecule has 2 rings (SSSR count). The molecule has 0 fully saturated rings. The number of hydrogen-bond acceptors (Lipinski definition) is 2. The van der Waals surface area contributed by atoms with E-state index in [0.29, 0.717) is 17.0 Å². The van der Waals surface area contributed by atoms with E-state index < -0.39 is 6.10 Å². The van der Waals surface area contributed by atoms with Crippen molar-refractivity contribution in [3.8, 4) is 0 Å². The van der Waals surface area contributed by atoms with Gasteiger partial charge in [-0.1, -0.05) is 11.6 Å². The highest BCUT2D eigenvalue weighted by atomic mass is 79.9. The lowest BCUT2D eigenvalue weighted by Crippen LogP contribution is -2.01. The average Bonchev–Trinajstić information content (AvgIpc) is 2.70. The molecule has 1 atom stereocenters. The Morgan fingerprint density at radius 2 is 2.18 bits per heavy atom. The van der Waals surface area contributed by atoms with Gasteiger partial charge in [-0.25, -0.2) is 4.39 Å². The van der Waals surface area contributed by atoms with E-state index in [1.165, 1.54) is 29.5 Å². The molecule has 0 aliphatic carbocycles. The van der Waals surface area contributed by atoms with E-state index in [0.717, 1.165) is 9.35 Å². The second-order valence-electron chi connectivity index (χ2n) is 3.59. The maximum absolute atomic E-state index is 13.1. The summed E-state index contributed by atoms with van der Waals surface area (Å²) in [5.74, 6) is -0.346. The van der Waals surface area contributed by atoms with E-state index in [-0.39, 0.29) is 5.82 Å². The fraction of sp³-hybridized carbons (Fsp3) is 0.167. The number of aliphatic hydroxyl groups is 1. The summed E-state index contributed by atoms with van der Waals surface area (Å²) in [6.07, 6.45) is -0.376. The van der Waals surface area contributed by atoms with Gasteiger partial charge in [-0.2, -0.15) is 0 Å². The molecule has 1 aromatic heterocycles. The molecule has 2 aromatic rings. The molecule has 1 unspecified atom stereocenters. The summed E-state index contributed by atoms with van der Waals surface area (Å²) in [5.41, 5.74) is 0.611. The first-order valence-corrected chi connectivity index (χ1v) is 6.98. The Labute approximate surface area is 116 Å². The highest BCUT2D eigenvalue weighted by molar-refractivity contribution is 9.10. The van der Waals surface area contributed by atoms with Crippen LogP contribution in [0.4, 0.5) is 4.39 Å². The lowest BCUT2D eigenvalue weighted by atomic mass is 10.1. The maximum Gasteiger partial charge on any atom is 0.123 e. The monoisotopic (exact) mass is 334 g/mol. The van der Waals surface area contributed by atoms with Crippen molar-refractivity contribution < 1.29 is 9.50 Å². The molecule has 0 saturated carbocycles. The molecule has 0 saturated heterocycles. The number of benzene rings is 1. The summed E-state index contributed by atoms with van der Waals surface area (Å²) < 4.78 is 13.9. The molecule has 1 nitrogen and oxygen atoms in total. The van der Waals surface area contributed by atoms with Crippen molar-refractivity contribution in [1.29, 1.82) is 0 Å². The fourth-order valence-corrected chi connectivity index (χ4v) is 3.36. The predicted octanol–water partition coefficient (Wildman–Crippen LogP) is 4.58. The molecule has 1 N–H and O–H groups in total. The largest absolute Gasteiger partial charge is 0.387 e. The molecule has 0 radical (unpaired) electrons. The minimum absolute atomic E-state index is 0.301. The third kappa shape index (κ3) is 3.07. The summed E-state index contributed by atoms with van der Waals surface area (Å²) in [6.45, 7) is 0. The molecule has 90 valence electrons. The summed E-state index contributed by atoms with van der Waals surface area (Å²) in [6, 6.07) is 6.03. The van der Waals surface area contributed by atoms with E-state index in [9.17, 15) is 9.50 Å². The van der Waals surface area contributed by atoms with Crippen LogP contribution in [0, 0.1) is 5.82 Å². The Balaban J connectivity index is 2.21. The lowest BCUT2D eigenvalue weighted by molar-refractivity contribution is 0.181. The first-order valence-electron chi connectivity index (χ1n) is 4.93. The molecule has 17 heavy (non-hydrogen) atoms. The van der Waals surface area contributed by atoms with Gasteiger partial charge in [0, 0.05) is 20.8 Å². The van der Waals surface area contributed by atoms with Gasteiger partial charge in [-0.05, 0) is 51.1 Å². The molecule has 1 heterocycles. The van der Waals surface area contributed by atoms with Gasteiger partial charge in [-0.15, -0.1) is 11.3 Å². The summed E-state index contributed by atoms with van der Waals surface area (Å²) in [4.78, 5) is 0.824. The van der Waals surface area contributed by atoms with Gasteiger partial charge >= 0.3 is 0 Å². The van der Waals surface area contributed by atoms with E-state index in [1.54, 1.807) is 0 Å². The number of aliphatic hydroxyl groups excluding tert-OH is 1. The van der Waals surface area contributed by atoms with Crippen molar-refractivity contribution >= 4 is 38.9 Å². The summed E-state index contributed by atoms with van der Waals surface area (Å²) in [7, 11) is 0. The van der Waals surface area contributed by atoms with Crippen LogP contribution in [-0.2, 0) is 6.42 Å². The van der Waals surface area contributed by atoms with E-state index in [1.807, 2.05) is 11.4 Å². The predicted molar refractivity (Wildman–Crippen MR) is 72.1 cm³/mol. The zero-order chi connectivity index (χ0) is 12.4. The van der Waals surface area contributed by atoms with Crippen LogP contribution in [0.15, 0.2) is 34.1 Å². The minimum atomic E-state index is -0.677. The van der Waals surface area contributed by atoms with Gasteiger partial charge in [-0.3, -0.25) is 0 Å². The number of thiophene rings is 1. The van der Waals surface area contributed by atoms with Crippen LogP contribution in [0.25, 0.3) is 0 Å². The standard InChI is InChI=1S/C12H9BrClFOS/c13-9-3-4-17-12(9)11(16)6-7-5-8(15)1-2-10(7)14/h1-5,11,16H,6H2. The highest BCUT2D eigenvalue weighted by Crippen LogP contribution is 2.32. The molecule has 5 heteroatoms. The van der Waals surface area contributed by atoms with Gasteiger partial charge in [0.05, 0.1) is 6.10 Å². The highest BCUT2D eigenvalue weighted by Gasteiger charge is 2.15. The van der Waals surface area contributed by atoms with Crippen LogP contribution in [0.2, 0.25) is 5.02 Å². The molecular formula is C12H9BrClFOS. The third-order valence-electron chi connectivity index (χ3n) is 2.37. The summed E-state index contributed by atoms with van der Waals surface area (Å²) >= 11 is 10.8. The summed E-state index contributed by atoms with van der Waals surface area (Å²) in [5, 5.41) is 12.4. The number of halogens is 3. The van der Waals surface area contributed by atoms with Crippen LogP contribution in [0.5, 0.6) is 0 Å². The smallest absolute Gasteiger partial charge is 0.123 e. The van der Waals surface area contributed by atoms with Crippen LogP contribution in [0.3, 0.4) is 0 Å². The second kappa shape index (κ2) is 5.48. The number of hydrogen-bond donors (Lipinski definition) is 1. The zero-order valence-electron chi connectivity index (χ0n) is 8.66. The quantitative estimate of drug-likeness (QED) is 0.870. The van der Waals surface area contributed by atoms with Crippen LogP contribution in [-0.4, -0.2) is 5.11 Å². The Bertz CT molecular complexity index is 529. The van der Waals surface area contributed by atoms with Gasteiger partial charge in [0.15, 0.2) is 0 Å². The SMILES string of the molecule is OC(Cc1cc(F)ccc1Cl)c1sccc1Br. The zero-order valence-corrected chi connectivity index (χ0v) is 11.8. The number of rotatable bonds is 3. The normalized spacial score (nSPS) is 12.7. The van der Waals surface area contributed by atoms with Crippen LogP contribution >= 0.6 is 38.9 Å². The maximum atomic E-state index is 13.1. The van der Waals surface area contributed by atoms with Crippen molar-refractivity contribution in [1.82, 2.24) is 0 Å². The fourth-order valence-electron chi connectivity index (χ4n) is 1.54.